The lowest BCUT2D eigenvalue weighted by molar-refractivity contribution is -0.141. The number of carbonyl (C=O) groups excluding carboxylic acids is 1. The largest absolute Gasteiger partial charge is 0.481 e. The first kappa shape index (κ1) is 17.2. The fourth-order valence-corrected chi connectivity index (χ4v) is 2.88. The average molecular weight is 344 g/mol. The van der Waals surface area contributed by atoms with Crippen LogP contribution in [0.1, 0.15) is 40.8 Å². The second-order valence-electron chi connectivity index (χ2n) is 6.00. The zero-order valence-electron chi connectivity index (χ0n) is 13.7. The maximum absolute atomic E-state index is 12.4. The number of rotatable bonds is 7. The Balaban J connectivity index is 1.62. The first-order valence-electron chi connectivity index (χ1n) is 8.25. The number of benzene rings is 1. The van der Waals surface area contributed by atoms with Crippen LogP contribution in [0.2, 0.25) is 0 Å². The molecule has 1 amide bonds. The number of aromatic nitrogens is 1. The molecule has 1 fully saturated rings. The van der Waals surface area contributed by atoms with E-state index in [1.807, 2.05) is 30.3 Å². The van der Waals surface area contributed by atoms with Crippen molar-refractivity contribution in [2.75, 3.05) is 13.2 Å². The van der Waals surface area contributed by atoms with Crippen molar-refractivity contribution < 1.29 is 23.8 Å². The molecule has 0 aliphatic carbocycles. The number of ether oxygens (including phenoxy) is 1. The highest BCUT2D eigenvalue weighted by atomic mass is 16.5. The van der Waals surface area contributed by atoms with Crippen LogP contribution in [-0.4, -0.2) is 35.1 Å². The van der Waals surface area contributed by atoms with E-state index >= 15 is 0 Å². The Morgan fingerprint density at radius 2 is 2.12 bits per heavy atom. The van der Waals surface area contributed by atoms with Crippen LogP contribution in [0.4, 0.5) is 0 Å². The Labute approximate surface area is 145 Å². The van der Waals surface area contributed by atoms with Crippen molar-refractivity contribution in [1.82, 2.24) is 10.3 Å². The smallest absolute Gasteiger partial charge is 0.308 e. The molecule has 0 radical (unpaired) electrons. The Bertz CT molecular complexity index is 722. The van der Waals surface area contributed by atoms with Crippen molar-refractivity contribution >= 4 is 11.9 Å². The van der Waals surface area contributed by atoms with Gasteiger partial charge < -0.3 is 19.6 Å². The van der Waals surface area contributed by atoms with Crippen LogP contribution in [0.3, 0.4) is 0 Å². The zero-order chi connectivity index (χ0) is 17.6. The van der Waals surface area contributed by atoms with E-state index in [0.717, 1.165) is 18.4 Å². The standard InChI is InChI=1S/C18H20N2O5/c21-17(15-16(25-11-20-15)14-7-4-8-24-14)19-10-13(18(22)23)9-12-5-2-1-3-6-12/h1-3,5-6,11,13-14H,4,7-10H2,(H,19,21)(H,22,23)/t13-,14-/m0/s1. The average Bonchev–Trinajstić information content (AvgIpc) is 3.29. The van der Waals surface area contributed by atoms with E-state index in [2.05, 4.69) is 10.3 Å². The van der Waals surface area contributed by atoms with Gasteiger partial charge in [-0.25, -0.2) is 4.98 Å². The topological polar surface area (TPSA) is 102 Å². The van der Waals surface area contributed by atoms with Gasteiger partial charge in [-0.3, -0.25) is 9.59 Å². The molecule has 7 heteroatoms. The quantitative estimate of drug-likeness (QED) is 0.798. The Hall–Kier alpha value is -2.67. The summed E-state index contributed by atoms with van der Waals surface area (Å²) in [6.45, 7) is 0.644. The number of aliphatic carboxylic acids is 1. The summed E-state index contributed by atoms with van der Waals surface area (Å²) in [5.74, 6) is -1.71. The normalized spacial score (nSPS) is 18.0. The minimum absolute atomic E-state index is 0.0148. The van der Waals surface area contributed by atoms with Crippen molar-refractivity contribution in [2.45, 2.75) is 25.4 Å². The molecule has 1 aromatic heterocycles. The summed E-state index contributed by atoms with van der Waals surface area (Å²) in [5.41, 5.74) is 1.07. The lowest BCUT2D eigenvalue weighted by atomic mass is 9.99. The molecule has 1 saturated heterocycles. The molecule has 0 bridgehead atoms. The van der Waals surface area contributed by atoms with Gasteiger partial charge in [-0.1, -0.05) is 30.3 Å². The summed E-state index contributed by atoms with van der Waals surface area (Å²) in [5, 5.41) is 12.1. The monoisotopic (exact) mass is 344 g/mol. The van der Waals surface area contributed by atoms with E-state index in [1.165, 1.54) is 6.39 Å². The van der Waals surface area contributed by atoms with Crippen LogP contribution in [0.15, 0.2) is 41.1 Å². The maximum Gasteiger partial charge on any atom is 0.308 e. The summed E-state index contributed by atoms with van der Waals surface area (Å²) in [6.07, 6.45) is 2.98. The summed E-state index contributed by atoms with van der Waals surface area (Å²) >= 11 is 0. The number of amides is 1. The van der Waals surface area contributed by atoms with E-state index in [1.54, 1.807) is 0 Å². The van der Waals surface area contributed by atoms with Gasteiger partial charge in [0.25, 0.3) is 5.91 Å². The zero-order valence-corrected chi connectivity index (χ0v) is 13.7. The van der Waals surface area contributed by atoms with Crippen LogP contribution < -0.4 is 5.32 Å². The summed E-state index contributed by atoms with van der Waals surface area (Å²) in [7, 11) is 0. The highest BCUT2D eigenvalue weighted by Gasteiger charge is 2.28. The van der Waals surface area contributed by atoms with E-state index in [-0.39, 0.29) is 18.3 Å². The third-order valence-electron chi connectivity index (χ3n) is 4.22. The van der Waals surface area contributed by atoms with Crippen molar-refractivity contribution in [1.29, 1.82) is 0 Å². The Morgan fingerprint density at radius 3 is 2.80 bits per heavy atom. The molecule has 132 valence electrons. The summed E-state index contributed by atoms with van der Waals surface area (Å²) < 4.78 is 10.8. The van der Waals surface area contributed by atoms with Gasteiger partial charge in [0.1, 0.15) is 6.10 Å². The summed E-state index contributed by atoms with van der Waals surface area (Å²) in [6, 6.07) is 9.32. The first-order valence-corrected chi connectivity index (χ1v) is 8.25. The number of hydrogen-bond donors (Lipinski definition) is 2. The van der Waals surface area contributed by atoms with Crippen molar-refractivity contribution in [3.63, 3.8) is 0 Å². The van der Waals surface area contributed by atoms with Gasteiger partial charge in [0, 0.05) is 13.2 Å². The second-order valence-corrected chi connectivity index (χ2v) is 6.00. The number of carboxylic acids is 1. The third-order valence-corrected chi connectivity index (χ3v) is 4.22. The minimum atomic E-state index is -0.955. The fourth-order valence-electron chi connectivity index (χ4n) is 2.88. The first-order chi connectivity index (χ1) is 12.1. The van der Waals surface area contributed by atoms with Crippen molar-refractivity contribution in [3.05, 3.63) is 53.7 Å². The lowest BCUT2D eigenvalue weighted by Crippen LogP contribution is -2.34. The SMILES string of the molecule is O=C(NC[C@H](Cc1ccccc1)C(=O)O)c1ncoc1[C@@H]1CCCO1. The number of hydrogen-bond acceptors (Lipinski definition) is 5. The highest BCUT2D eigenvalue weighted by molar-refractivity contribution is 5.93. The van der Waals surface area contributed by atoms with Crippen LogP contribution >= 0.6 is 0 Å². The predicted octanol–water partition coefficient (Wildman–Crippen LogP) is 2.20. The number of carbonyl (C=O) groups is 2. The molecule has 1 aromatic carbocycles. The molecule has 2 aromatic rings. The molecule has 0 unspecified atom stereocenters. The van der Waals surface area contributed by atoms with E-state index in [4.69, 9.17) is 9.15 Å². The molecule has 7 nitrogen and oxygen atoms in total. The summed E-state index contributed by atoms with van der Waals surface area (Å²) in [4.78, 5) is 27.8. The van der Waals surface area contributed by atoms with Gasteiger partial charge in [0.05, 0.1) is 5.92 Å². The number of oxazole rings is 1. The van der Waals surface area contributed by atoms with Crippen molar-refractivity contribution in [3.8, 4) is 0 Å². The van der Waals surface area contributed by atoms with E-state index in [9.17, 15) is 14.7 Å². The molecular formula is C18H20N2O5. The molecule has 25 heavy (non-hydrogen) atoms. The van der Waals surface area contributed by atoms with Crippen molar-refractivity contribution in [2.24, 2.45) is 5.92 Å². The third kappa shape index (κ3) is 4.24. The van der Waals surface area contributed by atoms with Gasteiger partial charge in [0.2, 0.25) is 0 Å². The molecule has 2 heterocycles. The van der Waals surface area contributed by atoms with Gasteiger partial charge >= 0.3 is 5.97 Å². The van der Waals surface area contributed by atoms with Crippen LogP contribution in [0.25, 0.3) is 0 Å². The van der Waals surface area contributed by atoms with E-state index in [0.29, 0.717) is 18.8 Å². The molecule has 3 rings (SSSR count). The molecule has 0 spiro atoms. The molecule has 1 aliphatic rings. The molecule has 0 saturated carbocycles. The highest BCUT2D eigenvalue weighted by Crippen LogP contribution is 2.30. The maximum atomic E-state index is 12.4. The molecule has 2 atom stereocenters. The predicted molar refractivity (Wildman–Crippen MR) is 88.0 cm³/mol. The fraction of sp³-hybridized carbons (Fsp3) is 0.389. The lowest BCUT2D eigenvalue weighted by Gasteiger charge is -2.14. The van der Waals surface area contributed by atoms with Gasteiger partial charge in [0.15, 0.2) is 17.8 Å². The number of carboxylic acid groups (broad SMARTS) is 1. The minimum Gasteiger partial charge on any atom is -0.481 e. The molecule has 1 aliphatic heterocycles. The number of nitrogens with zero attached hydrogens (tertiary/aromatic N) is 1. The number of nitrogens with one attached hydrogen (secondary N) is 1. The van der Waals surface area contributed by atoms with E-state index < -0.39 is 17.8 Å². The van der Waals surface area contributed by atoms with Gasteiger partial charge in [-0.15, -0.1) is 0 Å². The van der Waals surface area contributed by atoms with Gasteiger partial charge in [-0.2, -0.15) is 0 Å². The Morgan fingerprint density at radius 1 is 1.32 bits per heavy atom. The van der Waals surface area contributed by atoms with Crippen LogP contribution in [-0.2, 0) is 16.0 Å². The Kier molecular flexibility index (Phi) is 5.45. The molecule has 2 N–H and O–H groups in total. The van der Waals surface area contributed by atoms with Gasteiger partial charge in [-0.05, 0) is 24.8 Å². The van der Waals surface area contributed by atoms with Crippen LogP contribution in [0.5, 0.6) is 0 Å². The molecular weight excluding hydrogens is 324 g/mol. The second kappa shape index (κ2) is 7.94. The van der Waals surface area contributed by atoms with Crippen LogP contribution in [0, 0.1) is 5.92 Å².